The molecule has 1 atom stereocenters. The lowest BCUT2D eigenvalue weighted by atomic mass is 9.97. The van der Waals surface area contributed by atoms with E-state index in [1.54, 1.807) is 48.0 Å². The number of thiophene rings is 1. The Hall–Kier alpha value is -2.71. The fraction of sp³-hybridized carbons (Fsp3) is 0.238. The predicted molar refractivity (Wildman–Crippen MR) is 116 cm³/mol. The van der Waals surface area contributed by atoms with Gasteiger partial charge >= 0.3 is 0 Å². The maximum absolute atomic E-state index is 12.8. The lowest BCUT2D eigenvalue weighted by Gasteiger charge is -2.23. The maximum atomic E-state index is 12.8. The number of hydrogen-bond donors (Lipinski definition) is 2. The average Bonchev–Trinajstić information content (AvgIpc) is 3.22. The Kier molecular flexibility index (Phi) is 6.34. The molecule has 0 radical (unpaired) electrons. The minimum atomic E-state index is -3.61. The molecular formula is C21H23N3O3S2. The molecule has 152 valence electrons. The van der Waals surface area contributed by atoms with Gasteiger partial charge in [-0.25, -0.2) is 8.42 Å². The number of nitrogens with one attached hydrogen (secondary N) is 2. The van der Waals surface area contributed by atoms with Gasteiger partial charge in [-0.2, -0.15) is 0 Å². The van der Waals surface area contributed by atoms with Crippen LogP contribution in [0.4, 0.5) is 5.69 Å². The summed E-state index contributed by atoms with van der Waals surface area (Å²) in [7, 11) is -3.61. The molecule has 0 aliphatic heterocycles. The van der Waals surface area contributed by atoms with Crippen molar-refractivity contribution in [1.29, 1.82) is 0 Å². The van der Waals surface area contributed by atoms with Crippen molar-refractivity contribution in [3.63, 3.8) is 0 Å². The Bertz CT molecular complexity index is 1080. The molecule has 8 heteroatoms. The van der Waals surface area contributed by atoms with Gasteiger partial charge in [-0.3, -0.25) is 14.5 Å². The van der Waals surface area contributed by atoms with Gasteiger partial charge in [0.2, 0.25) is 0 Å². The molecule has 2 heterocycles. The zero-order chi connectivity index (χ0) is 21.0. The number of nitrogens with zero attached hydrogens (tertiary/aromatic N) is 1. The summed E-state index contributed by atoms with van der Waals surface area (Å²) in [6.07, 6.45) is 1.72. The predicted octanol–water partition coefficient (Wildman–Crippen LogP) is 4.38. The van der Waals surface area contributed by atoms with Crippen LogP contribution < -0.4 is 10.0 Å². The lowest BCUT2D eigenvalue weighted by molar-refractivity contribution is 0.0924. The summed E-state index contributed by atoms with van der Waals surface area (Å²) in [5.41, 5.74) is 2.71. The van der Waals surface area contributed by atoms with E-state index < -0.39 is 10.0 Å². The van der Waals surface area contributed by atoms with E-state index in [0.29, 0.717) is 11.3 Å². The van der Waals surface area contributed by atoms with E-state index in [-0.39, 0.29) is 22.1 Å². The molecule has 0 aliphatic carbocycles. The van der Waals surface area contributed by atoms with Gasteiger partial charge in [0.05, 0.1) is 11.7 Å². The lowest BCUT2D eigenvalue weighted by Crippen LogP contribution is -2.32. The zero-order valence-electron chi connectivity index (χ0n) is 16.4. The number of aromatic nitrogens is 1. The van der Waals surface area contributed by atoms with Crippen molar-refractivity contribution in [3.8, 4) is 0 Å². The van der Waals surface area contributed by atoms with Crippen molar-refractivity contribution < 1.29 is 13.2 Å². The number of pyridine rings is 1. The van der Waals surface area contributed by atoms with Gasteiger partial charge in [-0.15, -0.1) is 11.3 Å². The van der Waals surface area contributed by atoms with Gasteiger partial charge in [-0.05, 0) is 60.2 Å². The summed E-state index contributed by atoms with van der Waals surface area (Å²) >= 11 is 1.15. The third-order valence-corrected chi connectivity index (χ3v) is 7.24. The van der Waals surface area contributed by atoms with E-state index in [4.69, 9.17) is 0 Å². The summed E-state index contributed by atoms with van der Waals surface area (Å²) in [4.78, 5) is 17.2. The number of benzene rings is 1. The van der Waals surface area contributed by atoms with Crippen LogP contribution in [0.15, 0.2) is 64.3 Å². The van der Waals surface area contributed by atoms with Crippen LogP contribution in [0.5, 0.6) is 0 Å². The van der Waals surface area contributed by atoms with Crippen LogP contribution in [0.25, 0.3) is 0 Å². The number of amides is 1. The number of anilines is 1. The quantitative estimate of drug-likeness (QED) is 0.583. The van der Waals surface area contributed by atoms with Crippen LogP contribution in [-0.2, 0) is 10.0 Å². The summed E-state index contributed by atoms with van der Waals surface area (Å²) in [6, 6.07) is 13.2. The molecule has 1 unspecified atom stereocenters. The van der Waals surface area contributed by atoms with Crippen molar-refractivity contribution in [1.82, 2.24) is 10.3 Å². The highest BCUT2D eigenvalue weighted by atomic mass is 32.2. The van der Waals surface area contributed by atoms with E-state index in [9.17, 15) is 13.2 Å². The molecule has 29 heavy (non-hydrogen) atoms. The SMILES string of the molecule is Cc1cccnc1C(NC(=O)c1ccc(NS(=O)(=O)c2cccs2)cc1)C(C)C. The van der Waals surface area contributed by atoms with Gasteiger partial charge in [0.1, 0.15) is 4.21 Å². The number of hydrogen-bond acceptors (Lipinski definition) is 5. The van der Waals surface area contributed by atoms with E-state index >= 15 is 0 Å². The van der Waals surface area contributed by atoms with E-state index in [1.807, 2.05) is 32.9 Å². The average molecular weight is 430 g/mol. The second kappa shape index (κ2) is 8.75. The highest BCUT2D eigenvalue weighted by Crippen LogP contribution is 2.24. The first-order chi connectivity index (χ1) is 13.8. The Morgan fingerprint density at radius 2 is 1.79 bits per heavy atom. The van der Waals surface area contributed by atoms with E-state index in [1.165, 1.54) is 0 Å². The monoisotopic (exact) mass is 429 g/mol. The minimum Gasteiger partial charge on any atom is -0.343 e. The fourth-order valence-electron chi connectivity index (χ4n) is 2.91. The first kappa shape index (κ1) is 21.0. The third-order valence-electron chi connectivity index (χ3n) is 4.46. The molecule has 6 nitrogen and oxygen atoms in total. The second-order valence-corrected chi connectivity index (χ2v) is 9.87. The third kappa shape index (κ3) is 5.02. The fourth-order valence-corrected chi connectivity index (χ4v) is 4.96. The molecule has 2 N–H and O–H groups in total. The van der Waals surface area contributed by atoms with Crippen LogP contribution in [0.3, 0.4) is 0 Å². The van der Waals surface area contributed by atoms with Gasteiger partial charge in [0.25, 0.3) is 15.9 Å². The molecule has 3 aromatic rings. The molecule has 0 saturated heterocycles. The number of carbonyl (C=O) groups is 1. The minimum absolute atomic E-state index is 0.157. The zero-order valence-corrected chi connectivity index (χ0v) is 18.0. The summed E-state index contributed by atoms with van der Waals surface area (Å²) in [6.45, 7) is 6.03. The molecule has 2 aromatic heterocycles. The Morgan fingerprint density at radius 1 is 1.07 bits per heavy atom. The van der Waals surface area contributed by atoms with Gasteiger partial charge in [0, 0.05) is 17.4 Å². The highest BCUT2D eigenvalue weighted by Gasteiger charge is 2.22. The first-order valence-electron chi connectivity index (χ1n) is 9.16. The Balaban J connectivity index is 1.74. The molecule has 0 spiro atoms. The second-order valence-electron chi connectivity index (χ2n) is 7.02. The first-order valence-corrected chi connectivity index (χ1v) is 11.5. The van der Waals surface area contributed by atoms with E-state index in [2.05, 4.69) is 15.0 Å². The van der Waals surface area contributed by atoms with Crippen LogP contribution in [0.2, 0.25) is 0 Å². The van der Waals surface area contributed by atoms with Gasteiger partial charge in [-0.1, -0.05) is 26.0 Å². The maximum Gasteiger partial charge on any atom is 0.271 e. The van der Waals surface area contributed by atoms with Crippen LogP contribution >= 0.6 is 11.3 Å². The number of rotatable bonds is 7. The Morgan fingerprint density at radius 3 is 2.38 bits per heavy atom. The van der Waals surface area contributed by atoms with Crippen molar-refractivity contribution in [2.24, 2.45) is 5.92 Å². The van der Waals surface area contributed by atoms with Crippen molar-refractivity contribution in [3.05, 3.63) is 76.9 Å². The molecular weight excluding hydrogens is 406 g/mol. The van der Waals surface area contributed by atoms with Crippen LogP contribution in [-0.4, -0.2) is 19.3 Å². The van der Waals surface area contributed by atoms with Crippen molar-refractivity contribution >= 4 is 33.0 Å². The number of aryl methyl sites for hydroxylation is 1. The number of sulfonamides is 1. The molecule has 0 aliphatic rings. The molecule has 1 amide bonds. The van der Waals surface area contributed by atoms with Crippen molar-refractivity contribution in [2.75, 3.05) is 4.72 Å². The topological polar surface area (TPSA) is 88.2 Å². The molecule has 1 aromatic carbocycles. The molecule has 3 rings (SSSR count). The number of carbonyl (C=O) groups excluding carboxylic acids is 1. The summed E-state index contributed by atoms with van der Waals surface area (Å²) in [5, 5.41) is 4.75. The van der Waals surface area contributed by atoms with E-state index in [0.717, 1.165) is 22.6 Å². The van der Waals surface area contributed by atoms with Crippen LogP contribution in [0, 0.1) is 12.8 Å². The van der Waals surface area contributed by atoms with Crippen molar-refractivity contribution in [2.45, 2.75) is 31.0 Å². The smallest absolute Gasteiger partial charge is 0.271 e. The molecule has 0 bridgehead atoms. The normalized spacial score (nSPS) is 12.6. The van der Waals surface area contributed by atoms with Gasteiger partial charge < -0.3 is 5.32 Å². The van der Waals surface area contributed by atoms with Gasteiger partial charge in [0.15, 0.2) is 0 Å². The van der Waals surface area contributed by atoms with Crippen LogP contribution in [0.1, 0.15) is 41.5 Å². The Labute approximate surface area is 175 Å². The molecule has 0 fully saturated rings. The standard InChI is InChI=1S/C21H23N3O3S2/c1-14(2)19(20-15(3)6-4-12-22-20)23-21(25)16-8-10-17(11-9-16)24-29(26,27)18-7-5-13-28-18/h4-14,19,24H,1-3H3,(H,23,25). The highest BCUT2D eigenvalue weighted by molar-refractivity contribution is 7.94. The molecule has 0 saturated carbocycles. The summed E-state index contributed by atoms with van der Waals surface area (Å²) in [5.74, 6) is -0.0779. The summed E-state index contributed by atoms with van der Waals surface area (Å²) < 4.78 is 27.4. The largest absolute Gasteiger partial charge is 0.343 e.